The van der Waals surface area contributed by atoms with Gasteiger partial charge in [-0.1, -0.05) is 163 Å². The number of rotatable bonds is 50. The first-order valence-corrected chi connectivity index (χ1v) is 51.2. The molecule has 3 aromatic carbocycles. The smallest absolute Gasteiger partial charge is 0.192 e. The molecule has 28 heteroatoms. The van der Waals surface area contributed by atoms with Gasteiger partial charge >= 0.3 is 0 Å². The van der Waals surface area contributed by atoms with Gasteiger partial charge in [0.25, 0.3) is 0 Å². The molecule has 0 aliphatic carbocycles. The van der Waals surface area contributed by atoms with Crippen LogP contribution in [0, 0.1) is 0 Å². The number of ether oxygens (including phenoxy) is 13. The molecule has 0 saturated heterocycles. The lowest BCUT2D eigenvalue weighted by atomic mass is 10.2. The zero-order valence-corrected chi connectivity index (χ0v) is 85.3. The number of methoxy groups -OCH3 is 6. The van der Waals surface area contributed by atoms with E-state index in [1.165, 1.54) is 55.7 Å². The summed E-state index contributed by atoms with van der Waals surface area (Å²) in [5.74, 6) is 2.22. The zero-order valence-electron chi connectivity index (χ0n) is 82.3. The van der Waals surface area contributed by atoms with E-state index in [1.54, 1.807) is 84.1 Å². The van der Waals surface area contributed by atoms with Gasteiger partial charge in [0.2, 0.25) is 0 Å². The van der Waals surface area contributed by atoms with E-state index in [1.807, 2.05) is 102 Å². The molecule has 25 nitrogen and oxygen atoms in total. The van der Waals surface area contributed by atoms with Crippen molar-refractivity contribution in [2.45, 2.75) is 224 Å². The van der Waals surface area contributed by atoms with Crippen LogP contribution >= 0.6 is 0 Å². The van der Waals surface area contributed by atoms with E-state index >= 15 is 0 Å². The highest BCUT2D eigenvalue weighted by molar-refractivity contribution is 6.74. The maximum atomic E-state index is 9.27. The second-order valence-electron chi connectivity index (χ2n) is 31.7. The third-order valence-corrected chi connectivity index (χ3v) is 26.5. The Balaban J connectivity index is -0.000000170. The van der Waals surface area contributed by atoms with Crippen LogP contribution in [-0.4, -0.2) is 292 Å². The Hall–Kier alpha value is -6.29. The van der Waals surface area contributed by atoms with Gasteiger partial charge < -0.3 is 121 Å². The SMILES string of the molecule is C=CC(CO)Oc1ccc(OC)cc1.C=CC(COC)OC.C=CC(COC)OC.C=CC(COCC)OCC.C=CC(O)COC.C=CC(O)COC(C)(C)C.C=CC(O)COCC.C=CC(O)COCc1ccccc1.C=CC(O)CO[Si](C)(C)C.C=CC(O)CO[Si](C)(C)C(C)(C)C.C=CC(O)CO[Si](C)(C)C(C)(C)C.C=CC(O)COc1ccccc1. The second-order valence-corrected chi connectivity index (χ2v) is 45.9. The first kappa shape index (κ1) is 138. The Morgan fingerprint density at radius 1 is 0.333 bits per heavy atom. The summed E-state index contributed by atoms with van der Waals surface area (Å²) in [6, 6.07) is 26.4. The fraction of sp³-hybridized carbons (Fsp3) is 0.571. The van der Waals surface area contributed by atoms with Gasteiger partial charge in [-0.25, -0.2) is 0 Å². The van der Waals surface area contributed by atoms with Crippen LogP contribution in [0.5, 0.6) is 17.2 Å². The lowest BCUT2D eigenvalue weighted by molar-refractivity contribution is -0.0366. The van der Waals surface area contributed by atoms with Crippen molar-refractivity contribution in [3.05, 3.63) is 242 Å². The molecule has 0 bridgehead atoms. The molecule has 12 unspecified atom stereocenters. The van der Waals surface area contributed by atoms with Crippen LogP contribution in [0.25, 0.3) is 0 Å². The Morgan fingerprint density at radius 2 is 0.659 bits per heavy atom. The van der Waals surface area contributed by atoms with Gasteiger partial charge in [-0.15, -0.1) is 72.4 Å². The average Bonchev–Trinajstić information content (AvgIpc) is 0.847. The van der Waals surface area contributed by atoms with E-state index in [9.17, 15) is 10.2 Å². The summed E-state index contributed by atoms with van der Waals surface area (Å²) in [5, 5.41) is 81.3. The monoisotopic (exact) mass is 1840 g/mol. The summed E-state index contributed by atoms with van der Waals surface area (Å²) in [7, 11) is 4.84. The van der Waals surface area contributed by atoms with Gasteiger partial charge in [-0.3, -0.25) is 0 Å². The fourth-order valence-corrected chi connectivity index (χ4v) is 9.34. The minimum absolute atomic E-state index is 0.0417. The molecule has 0 heterocycles. The van der Waals surface area contributed by atoms with Crippen molar-refractivity contribution in [2.24, 2.45) is 0 Å². The minimum Gasteiger partial charge on any atom is -0.497 e. The molecular weight excluding hydrogens is 1660 g/mol. The highest BCUT2D eigenvalue weighted by Gasteiger charge is 2.38. The summed E-state index contributed by atoms with van der Waals surface area (Å²) in [5.41, 5.74) is 0.933. The Morgan fingerprint density at radius 3 is 0.952 bits per heavy atom. The van der Waals surface area contributed by atoms with Gasteiger partial charge in [0.1, 0.15) is 36.1 Å². The molecule has 3 rings (SSSR count). The summed E-state index contributed by atoms with van der Waals surface area (Å²) in [4.78, 5) is 0. The maximum Gasteiger partial charge on any atom is 0.192 e. The number of hydrogen-bond donors (Lipinski definition) is 9. The zero-order chi connectivity index (χ0) is 99.2. The van der Waals surface area contributed by atoms with Crippen molar-refractivity contribution >= 4 is 25.0 Å². The predicted octanol–water partition coefficient (Wildman–Crippen LogP) is 16.9. The number of hydrogen-bond acceptors (Lipinski definition) is 25. The summed E-state index contributed by atoms with van der Waals surface area (Å²) >= 11 is 0. The van der Waals surface area contributed by atoms with E-state index in [2.05, 4.69) is 171 Å². The molecular formula is C98H178O25Si3. The van der Waals surface area contributed by atoms with Crippen LogP contribution in [-0.2, 0) is 67.3 Å². The molecule has 732 valence electrons. The van der Waals surface area contributed by atoms with Crippen molar-refractivity contribution in [1.82, 2.24) is 0 Å². The highest BCUT2D eigenvalue weighted by atomic mass is 28.4. The molecule has 3 aromatic rings. The summed E-state index contributed by atoms with van der Waals surface area (Å²) in [6.07, 6.45) is 14.0. The van der Waals surface area contributed by atoms with Crippen molar-refractivity contribution in [3.63, 3.8) is 0 Å². The Labute approximate surface area is 767 Å². The van der Waals surface area contributed by atoms with Gasteiger partial charge in [0, 0.05) is 55.4 Å². The average molecular weight is 1840 g/mol. The van der Waals surface area contributed by atoms with Crippen LogP contribution in [0.1, 0.15) is 88.6 Å². The molecule has 0 radical (unpaired) electrons. The molecule has 0 aromatic heterocycles. The van der Waals surface area contributed by atoms with Crippen LogP contribution in [0.15, 0.2) is 237 Å². The van der Waals surface area contributed by atoms with Gasteiger partial charge in [0.05, 0.1) is 153 Å². The molecule has 0 aliphatic rings. The first-order valence-electron chi connectivity index (χ1n) is 41.9. The maximum absolute atomic E-state index is 9.27. The fourth-order valence-electron chi connectivity index (χ4n) is 6.63. The summed E-state index contributed by atoms with van der Waals surface area (Å²) in [6.45, 7) is 88.5. The van der Waals surface area contributed by atoms with E-state index < -0.39 is 73.8 Å². The molecule has 126 heavy (non-hydrogen) atoms. The Kier molecular flexibility index (Phi) is 97.6. The Bertz CT molecular complexity index is 2910. The lowest BCUT2D eigenvalue weighted by Crippen LogP contribution is -2.42. The number of aliphatic hydroxyl groups excluding tert-OH is 9. The quantitative estimate of drug-likeness (QED) is 0.0187. The lowest BCUT2D eigenvalue weighted by Gasteiger charge is -2.36. The first-order chi connectivity index (χ1) is 58.9. The number of benzene rings is 3. The van der Waals surface area contributed by atoms with E-state index in [4.69, 9.17) is 106 Å². The van der Waals surface area contributed by atoms with Crippen LogP contribution < -0.4 is 14.2 Å². The molecule has 0 spiro atoms. The molecule has 0 amide bonds. The standard InChI is InChI=1S/C11H14O3.C11H14O2.2C10H22O2Si.C10H12O2.2C8H16O2.C7H16O2Si.3C6H12O2.C5H10O2/c1-3-9(8-12)14-11-6-4-10(13-2)5-7-11;1-2-11(12)9-13-8-10-6-4-3-5-7-10;2*1-7-9(11)8-12-13(5,6)10(2,3)4;1-2-9(11)8-12-10-6-4-3-5-7-10;1-5-7(9)6-10-8(2,3)4;1-4-8(10-6-3)7-9-5-2;1-5-7(8)6-9-10(2,3)4;2*1-4-6(8-3)5-7-2;1-3-6(7)5-8-4-2;1-3-5(6)4-7-2/h3-7,9,12H,1,8H2,2H3;2-7,11-12H,1,8-9H2;2*7,9,11H,1,8H2,2-6H3;2-7,9,11H,1,8H2;5,7,9H,1,6H2,2-4H3;4,8H,1,5-7H2,2-3H3;5,7-8H,1,6H2,2-4H3;2*4,6H,1,5H2,2-3H3;3,6-7H,1,4-5H2,2H3;3,5-6H,1,4H2,2H3. The van der Waals surface area contributed by atoms with Gasteiger partial charge in [-0.2, -0.15) is 0 Å². The molecule has 0 aliphatic heterocycles. The van der Waals surface area contributed by atoms with Crippen LogP contribution in [0.2, 0.25) is 55.9 Å². The number of para-hydroxylation sites is 1. The van der Waals surface area contributed by atoms with E-state index in [-0.39, 0.29) is 53.3 Å². The van der Waals surface area contributed by atoms with Gasteiger partial charge in [-0.05, 0) is 145 Å². The third-order valence-electron chi connectivity index (χ3n) is 16.5. The highest BCUT2D eigenvalue weighted by Crippen LogP contribution is 2.37. The normalized spacial score (nSPS) is 13.6. The van der Waals surface area contributed by atoms with Crippen molar-refractivity contribution < 1.29 is 121 Å². The van der Waals surface area contributed by atoms with Crippen LogP contribution in [0.3, 0.4) is 0 Å². The van der Waals surface area contributed by atoms with Gasteiger partial charge in [0.15, 0.2) is 25.0 Å². The molecule has 9 N–H and O–H groups in total. The summed E-state index contributed by atoms with van der Waals surface area (Å²) < 4.78 is 82.3. The van der Waals surface area contributed by atoms with E-state index in [0.29, 0.717) is 91.6 Å². The molecule has 0 saturated carbocycles. The second kappa shape index (κ2) is 89.3. The van der Waals surface area contributed by atoms with Crippen molar-refractivity contribution in [3.8, 4) is 17.2 Å². The minimum atomic E-state index is -1.69. The topological polar surface area (TPSA) is 330 Å². The predicted molar refractivity (Wildman–Crippen MR) is 530 cm³/mol. The van der Waals surface area contributed by atoms with Crippen LogP contribution in [0.4, 0.5) is 0 Å². The largest absolute Gasteiger partial charge is 0.497 e. The van der Waals surface area contributed by atoms with E-state index in [0.717, 1.165) is 23.7 Å². The molecule has 0 fully saturated rings. The molecule has 12 atom stereocenters. The third kappa shape index (κ3) is 96.8. The van der Waals surface area contributed by atoms with Crippen molar-refractivity contribution in [2.75, 3.05) is 142 Å². The van der Waals surface area contributed by atoms with Crippen molar-refractivity contribution in [1.29, 1.82) is 0 Å². The number of aliphatic hydroxyl groups is 9.